The average Bonchev–Trinajstić information content (AvgIpc) is 2.86. The first kappa shape index (κ1) is 13.3. The number of aryl methyl sites for hydroxylation is 1. The first-order valence-electron chi connectivity index (χ1n) is 6.80. The molecule has 2 aromatic rings. The summed E-state index contributed by atoms with van der Waals surface area (Å²) in [6, 6.07) is 2.07. The number of thiazole rings is 1. The van der Waals surface area contributed by atoms with Crippen LogP contribution in [0.4, 0.5) is 10.8 Å². The van der Waals surface area contributed by atoms with E-state index in [1.165, 1.54) is 16.1 Å². The minimum atomic E-state index is 0.657. The van der Waals surface area contributed by atoms with Crippen molar-refractivity contribution < 1.29 is 0 Å². The lowest BCUT2D eigenvalue weighted by atomic mass is 10.2. The first-order chi connectivity index (χ1) is 9.72. The number of piperazine rings is 1. The van der Waals surface area contributed by atoms with Gasteiger partial charge in [0.2, 0.25) is 0 Å². The fourth-order valence-electron chi connectivity index (χ4n) is 2.55. The zero-order valence-corrected chi connectivity index (χ0v) is 12.4. The molecule has 0 saturated carbocycles. The van der Waals surface area contributed by atoms with Gasteiger partial charge in [-0.3, -0.25) is 9.88 Å². The maximum atomic E-state index is 5.67. The highest BCUT2D eigenvalue weighted by Gasteiger charge is 2.19. The van der Waals surface area contributed by atoms with Crippen molar-refractivity contribution in [2.45, 2.75) is 13.5 Å². The number of pyridine rings is 1. The van der Waals surface area contributed by atoms with Gasteiger partial charge in [0, 0.05) is 50.0 Å². The Morgan fingerprint density at radius 1 is 1.25 bits per heavy atom. The van der Waals surface area contributed by atoms with Gasteiger partial charge in [-0.2, -0.15) is 0 Å². The van der Waals surface area contributed by atoms with Gasteiger partial charge in [0.25, 0.3) is 0 Å². The zero-order valence-electron chi connectivity index (χ0n) is 11.6. The van der Waals surface area contributed by atoms with Crippen LogP contribution in [0.2, 0.25) is 0 Å². The highest BCUT2D eigenvalue weighted by molar-refractivity contribution is 7.15. The summed E-state index contributed by atoms with van der Waals surface area (Å²) in [5.41, 5.74) is 8.23. The SMILES string of the molecule is Cc1ccncc1N1CCN(Cc2cnc(N)s2)CC1. The number of hydrogen-bond acceptors (Lipinski definition) is 6. The summed E-state index contributed by atoms with van der Waals surface area (Å²) in [7, 11) is 0. The van der Waals surface area contributed by atoms with Crippen LogP contribution in [0.15, 0.2) is 24.7 Å². The number of rotatable bonds is 3. The number of hydrogen-bond donors (Lipinski definition) is 1. The quantitative estimate of drug-likeness (QED) is 0.933. The molecular weight excluding hydrogens is 270 g/mol. The van der Waals surface area contributed by atoms with Gasteiger partial charge in [0.1, 0.15) is 0 Å². The minimum Gasteiger partial charge on any atom is -0.375 e. The minimum absolute atomic E-state index is 0.657. The molecule has 20 heavy (non-hydrogen) atoms. The Morgan fingerprint density at radius 2 is 2.05 bits per heavy atom. The van der Waals surface area contributed by atoms with Crippen molar-refractivity contribution in [1.29, 1.82) is 0 Å². The molecule has 0 bridgehead atoms. The molecule has 0 aliphatic carbocycles. The van der Waals surface area contributed by atoms with Gasteiger partial charge in [0.05, 0.1) is 11.9 Å². The van der Waals surface area contributed by atoms with Crippen LogP contribution < -0.4 is 10.6 Å². The van der Waals surface area contributed by atoms with Crippen LogP contribution in [0.1, 0.15) is 10.4 Å². The Balaban J connectivity index is 1.58. The van der Waals surface area contributed by atoms with E-state index in [-0.39, 0.29) is 0 Å². The van der Waals surface area contributed by atoms with E-state index in [1.54, 1.807) is 11.3 Å². The van der Waals surface area contributed by atoms with Crippen LogP contribution in [0.5, 0.6) is 0 Å². The van der Waals surface area contributed by atoms with E-state index >= 15 is 0 Å². The van der Waals surface area contributed by atoms with Crippen molar-refractivity contribution in [2.75, 3.05) is 36.8 Å². The third-order valence-corrected chi connectivity index (χ3v) is 4.49. The Morgan fingerprint density at radius 3 is 2.70 bits per heavy atom. The van der Waals surface area contributed by atoms with E-state index in [0.29, 0.717) is 5.13 Å². The monoisotopic (exact) mass is 289 g/mol. The van der Waals surface area contributed by atoms with Crippen LogP contribution >= 0.6 is 11.3 Å². The third-order valence-electron chi connectivity index (χ3n) is 3.68. The maximum absolute atomic E-state index is 5.67. The molecule has 0 unspecified atom stereocenters. The molecule has 0 amide bonds. The Bertz CT molecular complexity index is 574. The maximum Gasteiger partial charge on any atom is 0.180 e. The molecular formula is C14H19N5S. The molecule has 106 valence electrons. The molecule has 0 aromatic carbocycles. The van der Waals surface area contributed by atoms with E-state index in [1.807, 2.05) is 18.6 Å². The second-order valence-electron chi connectivity index (χ2n) is 5.09. The summed E-state index contributed by atoms with van der Waals surface area (Å²) in [6.07, 6.45) is 5.70. The molecule has 3 rings (SSSR count). The number of nitrogen functional groups attached to an aromatic ring is 1. The smallest absolute Gasteiger partial charge is 0.180 e. The van der Waals surface area contributed by atoms with E-state index in [0.717, 1.165) is 32.7 Å². The van der Waals surface area contributed by atoms with Crippen LogP contribution in [0.25, 0.3) is 0 Å². The molecule has 3 heterocycles. The predicted molar refractivity (Wildman–Crippen MR) is 83.0 cm³/mol. The molecule has 1 aliphatic heterocycles. The molecule has 0 spiro atoms. The van der Waals surface area contributed by atoms with E-state index < -0.39 is 0 Å². The lowest BCUT2D eigenvalue weighted by molar-refractivity contribution is 0.251. The fraction of sp³-hybridized carbons (Fsp3) is 0.429. The second-order valence-corrected chi connectivity index (χ2v) is 6.24. The molecule has 1 saturated heterocycles. The van der Waals surface area contributed by atoms with E-state index in [9.17, 15) is 0 Å². The Labute approximate surface area is 123 Å². The zero-order chi connectivity index (χ0) is 13.9. The summed E-state index contributed by atoms with van der Waals surface area (Å²) >= 11 is 1.58. The molecule has 0 radical (unpaired) electrons. The van der Waals surface area contributed by atoms with Crippen molar-refractivity contribution >= 4 is 22.2 Å². The lowest BCUT2D eigenvalue weighted by Crippen LogP contribution is -2.46. The van der Waals surface area contributed by atoms with Gasteiger partial charge >= 0.3 is 0 Å². The van der Waals surface area contributed by atoms with Crippen molar-refractivity contribution in [2.24, 2.45) is 0 Å². The van der Waals surface area contributed by atoms with Gasteiger partial charge in [0.15, 0.2) is 5.13 Å². The second kappa shape index (κ2) is 5.76. The molecule has 1 fully saturated rings. The highest BCUT2D eigenvalue weighted by Crippen LogP contribution is 2.21. The van der Waals surface area contributed by atoms with Gasteiger partial charge in [-0.25, -0.2) is 4.98 Å². The molecule has 5 nitrogen and oxygen atoms in total. The first-order valence-corrected chi connectivity index (χ1v) is 7.62. The summed E-state index contributed by atoms with van der Waals surface area (Å²) < 4.78 is 0. The summed E-state index contributed by atoms with van der Waals surface area (Å²) in [6.45, 7) is 7.30. The molecule has 2 aromatic heterocycles. The third kappa shape index (κ3) is 2.91. The Kier molecular flexibility index (Phi) is 3.84. The van der Waals surface area contributed by atoms with Crippen LogP contribution in [-0.2, 0) is 6.54 Å². The topological polar surface area (TPSA) is 58.3 Å². The van der Waals surface area contributed by atoms with Crippen molar-refractivity contribution in [3.05, 3.63) is 35.1 Å². The summed E-state index contributed by atoms with van der Waals surface area (Å²) in [5, 5.41) is 0.657. The largest absolute Gasteiger partial charge is 0.375 e. The molecule has 1 aliphatic rings. The fourth-order valence-corrected chi connectivity index (χ4v) is 3.28. The number of nitrogens with two attached hydrogens (primary N) is 1. The van der Waals surface area contributed by atoms with Crippen LogP contribution in [0, 0.1) is 6.92 Å². The van der Waals surface area contributed by atoms with E-state index in [2.05, 4.69) is 32.8 Å². The average molecular weight is 289 g/mol. The van der Waals surface area contributed by atoms with Crippen molar-refractivity contribution in [3.63, 3.8) is 0 Å². The van der Waals surface area contributed by atoms with Crippen LogP contribution in [0.3, 0.4) is 0 Å². The van der Waals surface area contributed by atoms with Gasteiger partial charge < -0.3 is 10.6 Å². The van der Waals surface area contributed by atoms with Crippen molar-refractivity contribution in [1.82, 2.24) is 14.9 Å². The highest BCUT2D eigenvalue weighted by atomic mass is 32.1. The van der Waals surface area contributed by atoms with Crippen molar-refractivity contribution in [3.8, 4) is 0 Å². The van der Waals surface area contributed by atoms with Gasteiger partial charge in [-0.15, -0.1) is 11.3 Å². The summed E-state index contributed by atoms with van der Waals surface area (Å²) in [5.74, 6) is 0. The molecule has 6 heteroatoms. The van der Waals surface area contributed by atoms with Crippen LogP contribution in [-0.4, -0.2) is 41.0 Å². The number of nitrogens with zero attached hydrogens (tertiary/aromatic N) is 4. The number of aromatic nitrogens is 2. The van der Waals surface area contributed by atoms with Gasteiger partial charge in [-0.1, -0.05) is 0 Å². The normalized spacial score (nSPS) is 16.6. The predicted octanol–water partition coefficient (Wildman–Crippen LogP) is 1.75. The number of anilines is 2. The van der Waals surface area contributed by atoms with Gasteiger partial charge in [-0.05, 0) is 18.6 Å². The summed E-state index contributed by atoms with van der Waals surface area (Å²) in [4.78, 5) is 14.5. The van der Waals surface area contributed by atoms with E-state index in [4.69, 9.17) is 5.73 Å². The molecule has 2 N–H and O–H groups in total. The standard InChI is InChI=1S/C14H19N5S/c1-11-2-3-16-9-13(11)19-6-4-18(5-7-19)10-12-8-17-14(15)20-12/h2-3,8-9H,4-7,10H2,1H3,(H2,15,17). The lowest BCUT2D eigenvalue weighted by Gasteiger charge is -2.36. The Hall–Kier alpha value is -1.66. The molecule has 0 atom stereocenters.